The Kier molecular flexibility index (Phi) is 26.8. The maximum Gasteiger partial charge on any atom is 0.325 e. The van der Waals surface area contributed by atoms with Crippen LogP contribution in [0, 0.1) is 0 Å². The van der Waals surface area contributed by atoms with Crippen molar-refractivity contribution in [3.05, 3.63) is 0 Å². The second kappa shape index (κ2) is 30.9. The van der Waals surface area contributed by atoms with E-state index in [1.165, 1.54) is 13.8 Å². The number of aliphatic hydroxyl groups excluding tert-OH is 6. The monoisotopic (exact) mass is 1080 g/mol. The lowest BCUT2D eigenvalue weighted by Crippen LogP contribution is -2.70. The van der Waals surface area contributed by atoms with Gasteiger partial charge in [-0.3, -0.25) is 52.7 Å². The van der Waals surface area contributed by atoms with Crippen LogP contribution >= 0.6 is 0 Å². The van der Waals surface area contributed by atoms with Gasteiger partial charge in [-0.15, -0.1) is 0 Å². The van der Waals surface area contributed by atoms with E-state index in [2.05, 4.69) is 42.5 Å². The van der Waals surface area contributed by atoms with Crippen LogP contribution in [0.3, 0.4) is 0 Å². The van der Waals surface area contributed by atoms with Crippen LogP contribution in [0.1, 0.15) is 66.7 Å². The number of hydrogen-bond acceptors (Lipinski definition) is 22. The average Bonchev–Trinajstić information content (AvgIpc) is 3.33. The van der Waals surface area contributed by atoms with Crippen LogP contribution in [-0.4, -0.2) is 236 Å². The summed E-state index contributed by atoms with van der Waals surface area (Å²) in [6.07, 6.45) is -17.2. The fourth-order valence-corrected chi connectivity index (χ4v) is 7.38. The number of nitrogens with two attached hydrogens (primary N) is 2. The predicted octanol–water partition coefficient (Wildman–Crippen LogP) is -10.2. The molecule has 0 saturated carbocycles. The number of carbonyl (C=O) groups is 11. The number of aliphatic carboxylic acids is 2. The molecule has 33 heteroatoms. The molecule has 17 atom stereocenters. The quantitative estimate of drug-likeness (QED) is 0.0297. The maximum absolute atomic E-state index is 13.6. The Labute approximate surface area is 427 Å². The molecule has 0 aromatic carbocycles. The number of carboxylic acid groups (broad SMARTS) is 2. The van der Waals surface area contributed by atoms with Gasteiger partial charge in [0.1, 0.15) is 85.0 Å². The summed E-state index contributed by atoms with van der Waals surface area (Å²) >= 11 is 0. The molecule has 2 saturated heterocycles. The standard InChI is InChI=1S/C42H70N10O23/c1-15(46-36(65)17(3)72-33-29(49-19(5)57)41(71)73-25(14-55)32(33)75-42-28(48-18(4)56)31(62)30(61)24(13-54)74-42)35(64)51-21(34(44)63)8-9-26(58)50-22(39(68)47-16(2)40(69)70)7-6-10-45-38(67)23(12-53)52-37(66)20(43)11-27(59)60/h15-17,20-25,28-33,41-42,53-55,61-62,71H,6-14,43H2,1-5H3,(H2,44,63)(H,45,67)(H,46,65)(H,47,68)(H,48,56)(H,49,57)(H,50,58)(H,51,64)(H,52,66)(H,59,60)(H,69,70). The molecular formula is C42H70N10O23. The molecule has 75 heavy (non-hydrogen) atoms. The maximum atomic E-state index is 13.6. The van der Waals surface area contributed by atoms with E-state index in [0.29, 0.717) is 0 Å². The third-order valence-electron chi connectivity index (χ3n) is 11.5. The molecule has 2 fully saturated rings. The summed E-state index contributed by atoms with van der Waals surface area (Å²) in [5.74, 6) is -11.3. The van der Waals surface area contributed by atoms with E-state index in [0.717, 1.165) is 20.8 Å². The van der Waals surface area contributed by atoms with Gasteiger partial charge in [0.05, 0.1) is 32.3 Å². The lowest BCUT2D eigenvalue weighted by molar-refractivity contribution is -0.333. The number of rotatable bonds is 30. The number of carboxylic acids is 2. The molecule has 0 bridgehead atoms. The molecule has 20 N–H and O–H groups in total. The van der Waals surface area contributed by atoms with Crippen molar-refractivity contribution in [2.75, 3.05) is 26.4 Å². The fourth-order valence-electron chi connectivity index (χ4n) is 7.38. The van der Waals surface area contributed by atoms with Crippen LogP contribution in [0.2, 0.25) is 0 Å². The number of nitrogens with one attached hydrogen (secondary N) is 8. The zero-order valence-electron chi connectivity index (χ0n) is 41.5. The molecule has 2 aliphatic rings. The summed E-state index contributed by atoms with van der Waals surface area (Å²) in [4.78, 5) is 137. The highest BCUT2D eigenvalue weighted by molar-refractivity contribution is 5.94. The molecule has 2 aliphatic heterocycles. The normalized spacial score (nSPS) is 26.2. The highest BCUT2D eigenvalue weighted by atomic mass is 16.7. The number of hydrogen-bond donors (Lipinski definition) is 18. The smallest absolute Gasteiger partial charge is 0.325 e. The molecule has 2 rings (SSSR count). The van der Waals surface area contributed by atoms with Crippen LogP contribution < -0.4 is 54.0 Å². The Balaban J connectivity index is 2.17. The summed E-state index contributed by atoms with van der Waals surface area (Å²) in [5, 5.41) is 98.4. The largest absolute Gasteiger partial charge is 0.481 e. The first-order valence-corrected chi connectivity index (χ1v) is 23.4. The van der Waals surface area contributed by atoms with Gasteiger partial charge < -0.3 is 114 Å². The van der Waals surface area contributed by atoms with Crippen molar-refractivity contribution in [2.45, 2.75) is 170 Å². The third kappa shape index (κ3) is 20.4. The molecule has 0 radical (unpaired) electrons. The van der Waals surface area contributed by atoms with Crippen LogP contribution in [0.25, 0.3) is 0 Å². The van der Waals surface area contributed by atoms with Crippen molar-refractivity contribution >= 4 is 65.1 Å². The van der Waals surface area contributed by atoms with Gasteiger partial charge in [-0.05, 0) is 40.0 Å². The molecule has 17 unspecified atom stereocenters. The lowest BCUT2D eigenvalue weighted by Gasteiger charge is -2.48. The molecule has 9 amide bonds. The van der Waals surface area contributed by atoms with Gasteiger partial charge in [-0.1, -0.05) is 0 Å². The van der Waals surface area contributed by atoms with E-state index < -0.39 is 208 Å². The Morgan fingerprint density at radius 2 is 1.23 bits per heavy atom. The number of amides is 9. The highest BCUT2D eigenvalue weighted by Crippen LogP contribution is 2.31. The van der Waals surface area contributed by atoms with Crippen molar-refractivity contribution in [2.24, 2.45) is 11.5 Å². The number of primary amides is 1. The minimum absolute atomic E-state index is 0.0772. The molecule has 0 aromatic heterocycles. The number of ether oxygens (including phenoxy) is 4. The van der Waals surface area contributed by atoms with E-state index in [4.69, 9.17) is 35.5 Å². The fraction of sp³-hybridized carbons (Fsp3) is 0.738. The topological polar surface area (TPSA) is 535 Å². The van der Waals surface area contributed by atoms with Crippen molar-refractivity contribution < 1.29 is 113 Å². The first kappa shape index (κ1) is 64.8. The Morgan fingerprint density at radius 1 is 0.640 bits per heavy atom. The van der Waals surface area contributed by atoms with Crippen molar-refractivity contribution in [3.63, 3.8) is 0 Å². The minimum Gasteiger partial charge on any atom is -0.481 e. The van der Waals surface area contributed by atoms with Crippen LogP contribution in [0.15, 0.2) is 0 Å². The van der Waals surface area contributed by atoms with Gasteiger partial charge in [0.2, 0.25) is 53.2 Å². The second-order valence-electron chi connectivity index (χ2n) is 17.6. The van der Waals surface area contributed by atoms with E-state index in [9.17, 15) is 88.5 Å². The van der Waals surface area contributed by atoms with E-state index in [1.807, 2.05) is 0 Å². The highest BCUT2D eigenvalue weighted by Gasteiger charge is 2.53. The van der Waals surface area contributed by atoms with E-state index in [1.54, 1.807) is 0 Å². The second-order valence-corrected chi connectivity index (χ2v) is 17.6. The SMILES string of the molecule is CC(=O)NC1C(OC2C(CO)OC(O)C(NC(C)=O)C2OC(C)C(=O)NC(C)C(=O)NC(CCC(=O)NC(CCCNC(=O)C(CO)NC(=O)C(N)CC(=O)O)C(=O)NC(C)C(=O)O)C(N)=O)OC(CO)C(O)C1O. The number of carbonyl (C=O) groups excluding carboxylic acids is 9. The van der Waals surface area contributed by atoms with Gasteiger partial charge in [0.25, 0.3) is 0 Å². The molecular weight excluding hydrogens is 1010 g/mol. The zero-order valence-corrected chi connectivity index (χ0v) is 41.5. The molecule has 0 aromatic rings. The van der Waals surface area contributed by atoms with Crippen LogP contribution in [0.5, 0.6) is 0 Å². The Hall–Kier alpha value is -6.27. The molecule has 0 aliphatic carbocycles. The van der Waals surface area contributed by atoms with Crippen molar-refractivity contribution in [1.82, 2.24) is 42.5 Å². The molecule has 33 nitrogen and oxygen atoms in total. The predicted molar refractivity (Wildman–Crippen MR) is 247 cm³/mol. The first-order valence-electron chi connectivity index (χ1n) is 23.4. The lowest BCUT2D eigenvalue weighted by atomic mass is 9.94. The van der Waals surface area contributed by atoms with E-state index >= 15 is 0 Å². The van der Waals surface area contributed by atoms with Crippen molar-refractivity contribution in [3.8, 4) is 0 Å². The van der Waals surface area contributed by atoms with Crippen molar-refractivity contribution in [1.29, 1.82) is 0 Å². The van der Waals surface area contributed by atoms with Crippen LogP contribution in [0.4, 0.5) is 0 Å². The summed E-state index contributed by atoms with van der Waals surface area (Å²) < 4.78 is 23.2. The van der Waals surface area contributed by atoms with Crippen LogP contribution in [-0.2, 0) is 71.7 Å². The van der Waals surface area contributed by atoms with Gasteiger partial charge in [-0.2, -0.15) is 0 Å². The van der Waals surface area contributed by atoms with Gasteiger partial charge in [-0.25, -0.2) is 0 Å². The summed E-state index contributed by atoms with van der Waals surface area (Å²) in [7, 11) is 0. The average molecular weight is 1080 g/mol. The van der Waals surface area contributed by atoms with E-state index in [-0.39, 0.29) is 19.4 Å². The zero-order chi connectivity index (χ0) is 57.0. The summed E-state index contributed by atoms with van der Waals surface area (Å²) in [6.45, 7) is 2.74. The number of aliphatic hydroxyl groups is 6. The first-order chi connectivity index (χ1) is 35.1. The summed E-state index contributed by atoms with van der Waals surface area (Å²) in [6, 6.07) is -12.1. The molecule has 0 spiro atoms. The Morgan fingerprint density at radius 3 is 1.77 bits per heavy atom. The summed E-state index contributed by atoms with van der Waals surface area (Å²) in [5.41, 5.74) is 11.0. The van der Waals surface area contributed by atoms with Gasteiger partial charge in [0, 0.05) is 26.8 Å². The van der Waals surface area contributed by atoms with Gasteiger partial charge in [0.15, 0.2) is 12.6 Å². The Bertz CT molecular complexity index is 2020. The third-order valence-corrected chi connectivity index (χ3v) is 11.5. The molecule has 426 valence electrons. The van der Waals surface area contributed by atoms with Gasteiger partial charge >= 0.3 is 11.9 Å². The minimum atomic E-state index is -1.92. The molecule has 2 heterocycles.